The maximum atomic E-state index is 6.24. The van der Waals surface area contributed by atoms with Gasteiger partial charge in [-0.2, -0.15) is 0 Å². The van der Waals surface area contributed by atoms with Gasteiger partial charge in [-0.3, -0.25) is 0 Å². The molecule has 1 aliphatic rings. The molecule has 0 amide bonds. The van der Waals surface area contributed by atoms with E-state index in [1.807, 2.05) is 6.07 Å². The monoisotopic (exact) mass is 193 g/mol. The van der Waals surface area contributed by atoms with E-state index < -0.39 is 0 Å². The highest BCUT2D eigenvalue weighted by atomic mass is 16.3. The molecule has 2 rings (SSSR count). The molecule has 1 atom stereocenters. The Bertz CT molecular complexity index is 310. The molecule has 1 unspecified atom stereocenters. The molecule has 78 valence electrons. The van der Waals surface area contributed by atoms with E-state index >= 15 is 0 Å². The number of rotatable bonds is 2. The van der Waals surface area contributed by atoms with E-state index in [2.05, 4.69) is 27.7 Å². The predicted octanol–water partition coefficient (Wildman–Crippen LogP) is 2.96. The largest absolute Gasteiger partial charge is 0.472 e. The van der Waals surface area contributed by atoms with E-state index in [-0.39, 0.29) is 6.04 Å². The van der Waals surface area contributed by atoms with E-state index in [0.717, 1.165) is 5.56 Å². The molecule has 1 fully saturated rings. The van der Waals surface area contributed by atoms with Crippen molar-refractivity contribution >= 4 is 0 Å². The minimum Gasteiger partial charge on any atom is -0.472 e. The molecule has 0 aliphatic heterocycles. The predicted molar refractivity (Wildman–Crippen MR) is 56.7 cm³/mol. The van der Waals surface area contributed by atoms with Crippen LogP contribution in [0.1, 0.15) is 39.3 Å². The lowest BCUT2D eigenvalue weighted by Gasteiger charge is -2.11. The molecular formula is C12H19NO. The van der Waals surface area contributed by atoms with Crippen molar-refractivity contribution in [2.45, 2.75) is 33.7 Å². The fourth-order valence-corrected chi connectivity index (χ4v) is 2.80. The van der Waals surface area contributed by atoms with E-state index in [1.165, 1.54) is 0 Å². The fourth-order valence-electron chi connectivity index (χ4n) is 2.80. The topological polar surface area (TPSA) is 39.2 Å². The quantitative estimate of drug-likeness (QED) is 0.784. The molecule has 0 spiro atoms. The first-order chi connectivity index (χ1) is 6.39. The van der Waals surface area contributed by atoms with Crippen LogP contribution >= 0.6 is 0 Å². The first kappa shape index (κ1) is 9.78. The minimum atomic E-state index is 0.110. The molecule has 1 heterocycles. The lowest BCUT2D eigenvalue weighted by atomic mass is 10.0. The van der Waals surface area contributed by atoms with Crippen LogP contribution in [0.15, 0.2) is 23.0 Å². The van der Waals surface area contributed by atoms with Crippen LogP contribution < -0.4 is 5.73 Å². The van der Waals surface area contributed by atoms with E-state index in [1.54, 1.807) is 12.5 Å². The zero-order chi connectivity index (χ0) is 10.6. The van der Waals surface area contributed by atoms with Gasteiger partial charge >= 0.3 is 0 Å². The first-order valence-corrected chi connectivity index (χ1v) is 5.16. The highest BCUT2D eigenvalue weighted by Gasteiger charge is 2.66. The summed E-state index contributed by atoms with van der Waals surface area (Å²) in [5.74, 6) is 0.549. The van der Waals surface area contributed by atoms with Crippen LogP contribution in [0, 0.1) is 16.7 Å². The first-order valence-electron chi connectivity index (χ1n) is 5.16. The molecule has 14 heavy (non-hydrogen) atoms. The van der Waals surface area contributed by atoms with E-state index in [9.17, 15) is 0 Å². The van der Waals surface area contributed by atoms with Crippen molar-refractivity contribution in [3.8, 4) is 0 Å². The minimum absolute atomic E-state index is 0.110. The summed E-state index contributed by atoms with van der Waals surface area (Å²) in [6, 6.07) is 2.08. The van der Waals surface area contributed by atoms with E-state index in [4.69, 9.17) is 10.2 Å². The van der Waals surface area contributed by atoms with Crippen LogP contribution in [0.2, 0.25) is 0 Å². The third-order valence-corrected chi connectivity index (χ3v) is 4.42. The van der Waals surface area contributed by atoms with Crippen molar-refractivity contribution in [1.82, 2.24) is 0 Å². The molecule has 2 nitrogen and oxygen atoms in total. The van der Waals surface area contributed by atoms with Gasteiger partial charge in [-0.1, -0.05) is 27.7 Å². The summed E-state index contributed by atoms with van der Waals surface area (Å²) in [6.45, 7) is 9.16. The molecule has 2 N–H and O–H groups in total. The number of nitrogens with two attached hydrogens (primary N) is 1. The molecule has 0 aromatic carbocycles. The van der Waals surface area contributed by atoms with Gasteiger partial charge in [0.2, 0.25) is 0 Å². The van der Waals surface area contributed by atoms with Gasteiger partial charge in [0.25, 0.3) is 0 Å². The second-order valence-corrected chi connectivity index (χ2v) is 5.50. The standard InChI is InChI=1S/C12H19NO/c1-11(2)10(12(11,3)4)9(13)8-5-6-14-7-8/h5-7,9-10H,13H2,1-4H3. The van der Waals surface area contributed by atoms with Gasteiger partial charge in [-0.05, 0) is 22.8 Å². The summed E-state index contributed by atoms with van der Waals surface area (Å²) in [5.41, 5.74) is 8.03. The number of hydrogen-bond acceptors (Lipinski definition) is 2. The molecule has 2 heteroatoms. The van der Waals surface area contributed by atoms with Crippen molar-refractivity contribution in [3.63, 3.8) is 0 Å². The van der Waals surface area contributed by atoms with Gasteiger partial charge in [-0.15, -0.1) is 0 Å². The number of furan rings is 1. The van der Waals surface area contributed by atoms with Gasteiger partial charge < -0.3 is 10.2 Å². The zero-order valence-electron chi connectivity index (χ0n) is 9.37. The molecule has 1 saturated carbocycles. The zero-order valence-corrected chi connectivity index (χ0v) is 9.37. The Hall–Kier alpha value is -0.760. The van der Waals surface area contributed by atoms with Crippen molar-refractivity contribution < 1.29 is 4.42 Å². The second kappa shape index (κ2) is 2.63. The average Bonchev–Trinajstić information content (AvgIpc) is 2.53. The lowest BCUT2D eigenvalue weighted by molar-refractivity contribution is 0.457. The van der Waals surface area contributed by atoms with E-state index in [0.29, 0.717) is 16.7 Å². The molecule has 0 radical (unpaired) electrons. The van der Waals surface area contributed by atoms with Crippen molar-refractivity contribution in [2.75, 3.05) is 0 Å². The van der Waals surface area contributed by atoms with Gasteiger partial charge in [0.15, 0.2) is 0 Å². The van der Waals surface area contributed by atoms with Crippen LogP contribution in [-0.2, 0) is 0 Å². The Morgan fingerprint density at radius 3 is 2.21 bits per heavy atom. The highest BCUT2D eigenvalue weighted by Crippen LogP contribution is 2.71. The SMILES string of the molecule is CC1(C)C(C(N)c2ccoc2)C1(C)C. The van der Waals surface area contributed by atoms with Crippen LogP contribution in [-0.4, -0.2) is 0 Å². The third kappa shape index (κ3) is 1.07. The maximum absolute atomic E-state index is 6.24. The Morgan fingerprint density at radius 1 is 1.29 bits per heavy atom. The molecule has 0 bridgehead atoms. The smallest absolute Gasteiger partial charge is 0.0950 e. The summed E-state index contributed by atoms with van der Waals surface area (Å²) in [5, 5.41) is 0. The van der Waals surface area contributed by atoms with Crippen LogP contribution in [0.3, 0.4) is 0 Å². The van der Waals surface area contributed by atoms with Crippen molar-refractivity contribution in [1.29, 1.82) is 0 Å². The van der Waals surface area contributed by atoms with Crippen LogP contribution in [0.5, 0.6) is 0 Å². The molecule has 0 saturated heterocycles. The molecular weight excluding hydrogens is 174 g/mol. The van der Waals surface area contributed by atoms with Gasteiger partial charge in [0.05, 0.1) is 12.5 Å². The van der Waals surface area contributed by atoms with Gasteiger partial charge in [-0.25, -0.2) is 0 Å². The Labute approximate surface area is 85.5 Å². The van der Waals surface area contributed by atoms with Crippen LogP contribution in [0.25, 0.3) is 0 Å². The fraction of sp³-hybridized carbons (Fsp3) is 0.667. The Balaban J connectivity index is 2.20. The summed E-state index contributed by atoms with van der Waals surface area (Å²) in [6.07, 6.45) is 3.45. The summed E-state index contributed by atoms with van der Waals surface area (Å²) in [7, 11) is 0. The molecule has 1 aliphatic carbocycles. The number of hydrogen-bond donors (Lipinski definition) is 1. The van der Waals surface area contributed by atoms with Crippen molar-refractivity contribution in [2.24, 2.45) is 22.5 Å². The molecule has 1 aromatic heterocycles. The second-order valence-electron chi connectivity index (χ2n) is 5.50. The summed E-state index contributed by atoms with van der Waals surface area (Å²) >= 11 is 0. The molecule has 1 aromatic rings. The normalized spacial score (nSPS) is 26.1. The Kier molecular flexibility index (Phi) is 1.84. The summed E-state index contributed by atoms with van der Waals surface area (Å²) < 4.78 is 5.07. The van der Waals surface area contributed by atoms with Gasteiger partial charge in [0, 0.05) is 11.6 Å². The maximum Gasteiger partial charge on any atom is 0.0950 e. The highest BCUT2D eigenvalue weighted by molar-refractivity contribution is 5.23. The Morgan fingerprint density at radius 2 is 1.86 bits per heavy atom. The van der Waals surface area contributed by atoms with Crippen molar-refractivity contribution in [3.05, 3.63) is 24.2 Å². The van der Waals surface area contributed by atoms with Gasteiger partial charge in [0.1, 0.15) is 0 Å². The lowest BCUT2D eigenvalue weighted by Crippen LogP contribution is -2.15. The van der Waals surface area contributed by atoms with Crippen LogP contribution in [0.4, 0.5) is 0 Å². The summed E-state index contributed by atoms with van der Waals surface area (Å²) in [4.78, 5) is 0. The third-order valence-electron chi connectivity index (χ3n) is 4.42. The average molecular weight is 193 g/mol.